The molecule has 0 aliphatic heterocycles. The number of pyridine rings is 1. The Kier molecular flexibility index (Phi) is 17.6. The van der Waals surface area contributed by atoms with Crippen LogP contribution in [0.15, 0.2) is 177 Å². The van der Waals surface area contributed by atoms with E-state index in [2.05, 4.69) is 79.9 Å². The molecule has 0 radical (unpaired) electrons. The van der Waals surface area contributed by atoms with E-state index in [1.807, 2.05) is 147 Å². The van der Waals surface area contributed by atoms with Gasteiger partial charge in [0.15, 0.2) is 0 Å². The molecule has 67 heavy (non-hydrogen) atoms. The van der Waals surface area contributed by atoms with Gasteiger partial charge < -0.3 is 26.3 Å². The van der Waals surface area contributed by atoms with Crippen LogP contribution >= 0.6 is 0 Å². The summed E-state index contributed by atoms with van der Waals surface area (Å²) in [6, 6.07) is 45.4. The number of H-pyrrole nitrogens is 1. The Bertz CT molecular complexity index is 2980. The fourth-order valence-electron chi connectivity index (χ4n) is 6.44. The van der Waals surface area contributed by atoms with Crippen molar-refractivity contribution in [3.63, 3.8) is 0 Å². The Hall–Kier alpha value is -8.51. The molecule has 4 aromatic heterocycles. The number of aryl methyl sites for hydroxylation is 2. The lowest BCUT2D eigenvalue weighted by Gasteiger charge is -2.11. The maximum absolute atomic E-state index is 12.7. The highest BCUT2D eigenvalue weighted by atomic mass is 16.2. The summed E-state index contributed by atoms with van der Waals surface area (Å²) in [5.74, 6) is 0.581. The molecule has 0 aliphatic carbocycles. The molecule has 9 aromatic rings. The van der Waals surface area contributed by atoms with Gasteiger partial charge in [-0.25, -0.2) is 19.9 Å². The van der Waals surface area contributed by atoms with E-state index in [9.17, 15) is 9.59 Å². The quantitative estimate of drug-likeness (QED) is 0.0899. The van der Waals surface area contributed by atoms with Gasteiger partial charge in [0.25, 0.3) is 11.8 Å². The molecule has 0 spiro atoms. The first-order chi connectivity index (χ1) is 32.7. The second-order valence-corrected chi connectivity index (χ2v) is 15.4. The van der Waals surface area contributed by atoms with Gasteiger partial charge in [0.05, 0.1) is 11.4 Å². The molecule has 0 saturated carbocycles. The van der Waals surface area contributed by atoms with E-state index in [1.165, 1.54) is 12.8 Å². The Balaban J connectivity index is 0.000000199. The van der Waals surface area contributed by atoms with Crippen molar-refractivity contribution in [2.24, 2.45) is 0 Å². The summed E-state index contributed by atoms with van der Waals surface area (Å²) in [5.41, 5.74) is 10.8. The van der Waals surface area contributed by atoms with Crippen LogP contribution in [0.4, 0.5) is 34.6 Å². The fraction of sp³-hybridized carbons (Fsp3) is 0.145. The average molecular weight is 889 g/mol. The molecule has 0 fully saturated rings. The van der Waals surface area contributed by atoms with Gasteiger partial charge in [-0.3, -0.25) is 14.6 Å². The number of benzene rings is 5. The van der Waals surface area contributed by atoms with E-state index in [1.54, 1.807) is 36.9 Å². The minimum absolute atomic E-state index is 0.173. The SMILES string of the molecule is CCC.CCC.Cc1ccc(C(=O)Nc2ccccc2)cc1Nc1nccc(-c2c[nH]c3ccccc23)n1.Cc1ccc(C(=O)Nc2ccccc2)cc1Nc1nccc(-c2ccncc2)n1. The van der Waals surface area contributed by atoms with Crippen molar-refractivity contribution in [2.45, 2.75) is 54.4 Å². The van der Waals surface area contributed by atoms with E-state index in [0.29, 0.717) is 23.0 Å². The number of fused-ring (bicyclic) bond motifs is 1. The topological polar surface area (TPSA) is 162 Å². The summed E-state index contributed by atoms with van der Waals surface area (Å²) in [7, 11) is 0. The monoisotopic (exact) mass is 888 g/mol. The first kappa shape index (κ1) is 48.0. The zero-order valence-corrected chi connectivity index (χ0v) is 38.7. The van der Waals surface area contributed by atoms with Crippen molar-refractivity contribution in [2.75, 3.05) is 21.3 Å². The Morgan fingerprint density at radius 2 is 0.985 bits per heavy atom. The number of nitrogens with one attached hydrogen (secondary N) is 5. The minimum atomic E-state index is -0.175. The van der Waals surface area contributed by atoms with Crippen LogP contribution in [0.1, 0.15) is 72.4 Å². The smallest absolute Gasteiger partial charge is 0.255 e. The summed E-state index contributed by atoms with van der Waals surface area (Å²) in [4.78, 5) is 50.5. The number of nitrogens with zero attached hydrogens (tertiary/aromatic N) is 5. The molecule has 5 N–H and O–H groups in total. The third-order valence-electron chi connectivity index (χ3n) is 9.71. The largest absolute Gasteiger partial charge is 0.360 e. The number of rotatable bonds is 10. The highest BCUT2D eigenvalue weighted by molar-refractivity contribution is 6.05. The van der Waals surface area contributed by atoms with Crippen molar-refractivity contribution >= 4 is 57.4 Å². The van der Waals surface area contributed by atoms with Gasteiger partial charge in [-0.1, -0.05) is 107 Å². The van der Waals surface area contributed by atoms with E-state index in [0.717, 1.165) is 67.3 Å². The summed E-state index contributed by atoms with van der Waals surface area (Å²) in [5, 5.41) is 13.4. The number of amides is 2. The van der Waals surface area contributed by atoms with Gasteiger partial charge in [0.1, 0.15) is 0 Å². The highest BCUT2D eigenvalue weighted by Crippen LogP contribution is 2.29. The van der Waals surface area contributed by atoms with Crippen molar-refractivity contribution < 1.29 is 9.59 Å². The zero-order valence-electron chi connectivity index (χ0n) is 38.7. The Labute approximate surface area is 392 Å². The lowest BCUT2D eigenvalue weighted by molar-refractivity contribution is 0.101. The number of aromatic amines is 1. The molecule has 0 unspecified atom stereocenters. The summed E-state index contributed by atoms with van der Waals surface area (Å²) < 4.78 is 0. The van der Waals surface area contributed by atoms with Crippen molar-refractivity contribution in [3.8, 4) is 22.5 Å². The first-order valence-corrected chi connectivity index (χ1v) is 22.3. The van der Waals surface area contributed by atoms with Crippen molar-refractivity contribution in [3.05, 3.63) is 199 Å². The predicted octanol–water partition coefficient (Wildman–Crippen LogP) is 13.6. The number of hydrogen-bond donors (Lipinski definition) is 5. The molecule has 0 aliphatic rings. The predicted molar refractivity (Wildman–Crippen MR) is 274 cm³/mol. The second-order valence-electron chi connectivity index (χ2n) is 15.4. The number of carbonyl (C=O) groups is 2. The van der Waals surface area contributed by atoms with Gasteiger partial charge in [-0.2, -0.15) is 0 Å². The highest BCUT2D eigenvalue weighted by Gasteiger charge is 2.13. The molecule has 9 rings (SSSR count). The van der Waals surface area contributed by atoms with Crippen LogP contribution in [0.2, 0.25) is 0 Å². The average Bonchev–Trinajstić information content (AvgIpc) is 3.79. The molecular formula is C55H56N10O2. The maximum Gasteiger partial charge on any atom is 0.255 e. The number of para-hydroxylation sites is 3. The van der Waals surface area contributed by atoms with E-state index in [4.69, 9.17) is 4.98 Å². The number of anilines is 6. The van der Waals surface area contributed by atoms with Gasteiger partial charge in [-0.05, 0) is 104 Å². The lowest BCUT2D eigenvalue weighted by Crippen LogP contribution is -2.12. The van der Waals surface area contributed by atoms with Crippen LogP contribution in [0.5, 0.6) is 0 Å². The number of hydrogen-bond acceptors (Lipinski definition) is 9. The van der Waals surface area contributed by atoms with Crippen LogP contribution in [-0.2, 0) is 0 Å². The van der Waals surface area contributed by atoms with Crippen LogP contribution in [-0.4, -0.2) is 41.7 Å². The molecule has 12 nitrogen and oxygen atoms in total. The van der Waals surface area contributed by atoms with Crippen LogP contribution < -0.4 is 21.3 Å². The maximum atomic E-state index is 12.7. The second kappa shape index (κ2) is 24.5. The molecule has 12 heteroatoms. The molecule has 0 saturated heterocycles. The number of carbonyl (C=O) groups excluding carboxylic acids is 2. The van der Waals surface area contributed by atoms with Gasteiger partial charge in [0, 0.05) is 86.9 Å². The van der Waals surface area contributed by atoms with Gasteiger partial charge in [0.2, 0.25) is 11.9 Å². The lowest BCUT2D eigenvalue weighted by atomic mass is 10.1. The van der Waals surface area contributed by atoms with E-state index < -0.39 is 0 Å². The molecule has 338 valence electrons. The van der Waals surface area contributed by atoms with Crippen LogP contribution in [0.25, 0.3) is 33.4 Å². The molecule has 4 heterocycles. The molecule has 0 bridgehead atoms. The third-order valence-corrected chi connectivity index (χ3v) is 9.71. The first-order valence-electron chi connectivity index (χ1n) is 22.3. The summed E-state index contributed by atoms with van der Waals surface area (Å²) in [6.45, 7) is 12.4. The Morgan fingerprint density at radius 1 is 0.522 bits per heavy atom. The third kappa shape index (κ3) is 13.7. The van der Waals surface area contributed by atoms with E-state index >= 15 is 0 Å². The normalized spacial score (nSPS) is 10.2. The van der Waals surface area contributed by atoms with Crippen LogP contribution in [0, 0.1) is 13.8 Å². The minimum Gasteiger partial charge on any atom is -0.360 e. The summed E-state index contributed by atoms with van der Waals surface area (Å²) >= 11 is 0. The molecule has 2 amide bonds. The van der Waals surface area contributed by atoms with Gasteiger partial charge in [-0.15, -0.1) is 0 Å². The summed E-state index contributed by atoms with van der Waals surface area (Å²) in [6.07, 6.45) is 11.3. The molecule has 5 aromatic carbocycles. The Morgan fingerprint density at radius 3 is 1.51 bits per heavy atom. The molecule has 0 atom stereocenters. The van der Waals surface area contributed by atoms with Crippen LogP contribution in [0.3, 0.4) is 0 Å². The van der Waals surface area contributed by atoms with Crippen molar-refractivity contribution in [1.29, 1.82) is 0 Å². The van der Waals surface area contributed by atoms with Gasteiger partial charge >= 0.3 is 0 Å². The standard InChI is InChI=1S/C26H21N5O.C23H19N5O.2C3H8/c1-17-11-12-18(25(32)29-19-7-3-2-4-8-19)15-24(17)31-26-27-14-13-23(30-26)21-16-28-22-10-6-5-9-20(21)22;1-16-7-8-18(22(29)26-19-5-3-2-4-6-19)15-21(16)28-23-25-14-11-20(27-23)17-9-12-24-13-10-17;2*1-3-2/h2-16,28H,1H3,(H,29,32)(H,27,30,31);2-15H,1H3,(H,26,29)(H,25,27,28);2*3H2,1-2H3. The molecular weight excluding hydrogens is 833 g/mol. The van der Waals surface area contributed by atoms with E-state index in [-0.39, 0.29) is 11.8 Å². The van der Waals surface area contributed by atoms with Crippen molar-refractivity contribution in [1.82, 2.24) is 29.9 Å². The fourth-order valence-corrected chi connectivity index (χ4v) is 6.44. The zero-order chi connectivity index (χ0) is 47.4. The number of aromatic nitrogens is 6.